The highest BCUT2D eigenvalue weighted by atomic mass is 16.5. The standard InChI is InChI=1S/C14H24N2O2/c1-12(2)16(9-10-17)8-3-11-18-14-6-4-13(15)5-7-14/h4-7,12,17H,3,8-11,15H2,1-2H3. The van der Waals surface area contributed by atoms with Gasteiger partial charge in [0.2, 0.25) is 0 Å². The maximum absolute atomic E-state index is 8.96. The number of hydrogen-bond donors (Lipinski definition) is 2. The fraction of sp³-hybridized carbons (Fsp3) is 0.571. The lowest BCUT2D eigenvalue weighted by atomic mass is 10.3. The van der Waals surface area contributed by atoms with Crippen LogP contribution in [0.15, 0.2) is 24.3 Å². The van der Waals surface area contributed by atoms with Crippen molar-refractivity contribution in [2.45, 2.75) is 26.3 Å². The Hall–Kier alpha value is -1.26. The van der Waals surface area contributed by atoms with Crippen molar-refractivity contribution in [1.29, 1.82) is 0 Å². The van der Waals surface area contributed by atoms with E-state index in [0.29, 0.717) is 12.6 Å². The van der Waals surface area contributed by atoms with Gasteiger partial charge < -0.3 is 15.6 Å². The summed E-state index contributed by atoms with van der Waals surface area (Å²) in [5.41, 5.74) is 6.35. The van der Waals surface area contributed by atoms with Gasteiger partial charge in [0.15, 0.2) is 0 Å². The van der Waals surface area contributed by atoms with Gasteiger partial charge in [-0.2, -0.15) is 0 Å². The molecule has 0 spiro atoms. The molecule has 0 radical (unpaired) electrons. The summed E-state index contributed by atoms with van der Waals surface area (Å²) in [6.07, 6.45) is 0.947. The molecule has 0 aliphatic heterocycles. The SMILES string of the molecule is CC(C)N(CCO)CCCOc1ccc(N)cc1. The van der Waals surface area contributed by atoms with E-state index in [1.807, 2.05) is 24.3 Å². The smallest absolute Gasteiger partial charge is 0.119 e. The average Bonchev–Trinajstić information content (AvgIpc) is 2.35. The summed E-state index contributed by atoms with van der Waals surface area (Å²) in [7, 11) is 0. The number of aliphatic hydroxyl groups is 1. The van der Waals surface area contributed by atoms with Crippen LogP contribution in [0, 0.1) is 0 Å². The molecule has 0 fully saturated rings. The number of nitrogens with two attached hydrogens (primary N) is 1. The molecule has 18 heavy (non-hydrogen) atoms. The lowest BCUT2D eigenvalue weighted by Crippen LogP contribution is -2.34. The molecule has 0 heterocycles. The maximum Gasteiger partial charge on any atom is 0.119 e. The predicted molar refractivity (Wildman–Crippen MR) is 74.8 cm³/mol. The molecule has 1 rings (SSSR count). The normalized spacial score (nSPS) is 11.2. The van der Waals surface area contributed by atoms with E-state index in [2.05, 4.69) is 18.7 Å². The zero-order valence-corrected chi connectivity index (χ0v) is 11.3. The van der Waals surface area contributed by atoms with Crippen molar-refractivity contribution in [3.05, 3.63) is 24.3 Å². The summed E-state index contributed by atoms with van der Waals surface area (Å²) in [6, 6.07) is 7.88. The quantitative estimate of drug-likeness (QED) is 0.546. The van der Waals surface area contributed by atoms with Gasteiger partial charge in [-0.05, 0) is 44.5 Å². The molecule has 0 aliphatic rings. The first-order valence-electron chi connectivity index (χ1n) is 6.46. The molecule has 1 aromatic carbocycles. The Morgan fingerprint density at radius 1 is 1.22 bits per heavy atom. The van der Waals surface area contributed by atoms with Crippen LogP contribution in [0.25, 0.3) is 0 Å². The molecular weight excluding hydrogens is 228 g/mol. The fourth-order valence-corrected chi connectivity index (χ4v) is 1.78. The highest BCUT2D eigenvalue weighted by molar-refractivity contribution is 5.41. The van der Waals surface area contributed by atoms with Gasteiger partial charge >= 0.3 is 0 Å². The van der Waals surface area contributed by atoms with Crippen LogP contribution in [0.1, 0.15) is 20.3 Å². The molecule has 0 atom stereocenters. The third-order valence-electron chi connectivity index (χ3n) is 2.86. The first kappa shape index (κ1) is 14.8. The van der Waals surface area contributed by atoms with Crippen molar-refractivity contribution in [2.75, 3.05) is 32.0 Å². The molecule has 0 aliphatic carbocycles. The highest BCUT2D eigenvalue weighted by Crippen LogP contribution is 2.13. The molecule has 0 unspecified atom stereocenters. The van der Waals surface area contributed by atoms with Crippen molar-refractivity contribution in [3.8, 4) is 5.75 Å². The van der Waals surface area contributed by atoms with Gasteiger partial charge in [-0.25, -0.2) is 0 Å². The average molecular weight is 252 g/mol. The van der Waals surface area contributed by atoms with Crippen molar-refractivity contribution < 1.29 is 9.84 Å². The van der Waals surface area contributed by atoms with Crippen LogP contribution in [0.2, 0.25) is 0 Å². The second kappa shape index (κ2) is 7.95. The summed E-state index contributed by atoms with van der Waals surface area (Å²) >= 11 is 0. The molecule has 0 saturated carbocycles. The monoisotopic (exact) mass is 252 g/mol. The number of aliphatic hydroxyl groups excluding tert-OH is 1. The number of nitrogen functional groups attached to an aromatic ring is 1. The van der Waals surface area contributed by atoms with E-state index in [4.69, 9.17) is 15.6 Å². The zero-order chi connectivity index (χ0) is 13.4. The summed E-state index contributed by atoms with van der Waals surface area (Å²) in [5, 5.41) is 8.96. The molecular formula is C14H24N2O2. The Bertz CT molecular complexity index is 325. The molecule has 102 valence electrons. The van der Waals surface area contributed by atoms with E-state index in [1.165, 1.54) is 0 Å². The second-order valence-electron chi connectivity index (χ2n) is 4.62. The number of ether oxygens (including phenoxy) is 1. The molecule has 0 aromatic heterocycles. The minimum atomic E-state index is 0.205. The van der Waals surface area contributed by atoms with Gasteiger partial charge in [0.25, 0.3) is 0 Å². The molecule has 0 bridgehead atoms. The molecule has 4 heteroatoms. The Kier molecular flexibility index (Phi) is 6.54. The first-order valence-corrected chi connectivity index (χ1v) is 6.46. The highest BCUT2D eigenvalue weighted by Gasteiger charge is 2.07. The Balaban J connectivity index is 2.23. The van der Waals surface area contributed by atoms with Crippen LogP contribution in [-0.2, 0) is 0 Å². The van der Waals surface area contributed by atoms with Gasteiger partial charge in [0.1, 0.15) is 5.75 Å². The van der Waals surface area contributed by atoms with Crippen molar-refractivity contribution in [2.24, 2.45) is 0 Å². The first-order chi connectivity index (χ1) is 8.63. The van der Waals surface area contributed by atoms with Gasteiger partial charge in [-0.3, -0.25) is 4.90 Å². The van der Waals surface area contributed by atoms with Crippen LogP contribution in [0.4, 0.5) is 5.69 Å². The van der Waals surface area contributed by atoms with E-state index >= 15 is 0 Å². The Labute approximate surface area is 109 Å². The predicted octanol–water partition coefficient (Wildman–Crippen LogP) is 1.74. The fourth-order valence-electron chi connectivity index (χ4n) is 1.78. The number of nitrogens with zero attached hydrogens (tertiary/aromatic N) is 1. The van der Waals surface area contributed by atoms with E-state index in [0.717, 1.165) is 30.9 Å². The van der Waals surface area contributed by atoms with Gasteiger partial charge in [-0.15, -0.1) is 0 Å². The number of rotatable bonds is 8. The summed E-state index contributed by atoms with van der Waals surface area (Å²) in [5.74, 6) is 0.849. The third kappa shape index (κ3) is 5.38. The lowest BCUT2D eigenvalue weighted by molar-refractivity contribution is 0.155. The largest absolute Gasteiger partial charge is 0.494 e. The molecule has 0 amide bonds. The molecule has 4 nitrogen and oxygen atoms in total. The van der Waals surface area contributed by atoms with Crippen molar-refractivity contribution >= 4 is 5.69 Å². The minimum Gasteiger partial charge on any atom is -0.494 e. The topological polar surface area (TPSA) is 58.7 Å². The van der Waals surface area contributed by atoms with Crippen LogP contribution < -0.4 is 10.5 Å². The summed E-state index contributed by atoms with van der Waals surface area (Å²) < 4.78 is 5.62. The van der Waals surface area contributed by atoms with E-state index in [9.17, 15) is 0 Å². The Morgan fingerprint density at radius 2 is 1.89 bits per heavy atom. The van der Waals surface area contributed by atoms with Gasteiger partial charge in [0, 0.05) is 24.8 Å². The molecule has 1 aromatic rings. The Morgan fingerprint density at radius 3 is 2.44 bits per heavy atom. The summed E-state index contributed by atoms with van der Waals surface area (Å²) in [6.45, 7) is 6.81. The van der Waals surface area contributed by atoms with Gasteiger partial charge in [-0.1, -0.05) is 0 Å². The van der Waals surface area contributed by atoms with E-state index in [-0.39, 0.29) is 6.61 Å². The molecule has 0 saturated heterocycles. The minimum absolute atomic E-state index is 0.205. The van der Waals surface area contributed by atoms with Crippen LogP contribution in [0.5, 0.6) is 5.75 Å². The van der Waals surface area contributed by atoms with Crippen LogP contribution in [-0.4, -0.2) is 42.4 Å². The lowest BCUT2D eigenvalue weighted by Gasteiger charge is -2.25. The number of hydrogen-bond acceptors (Lipinski definition) is 4. The van der Waals surface area contributed by atoms with E-state index in [1.54, 1.807) is 0 Å². The molecule has 3 N–H and O–H groups in total. The summed E-state index contributed by atoms with van der Waals surface area (Å²) in [4.78, 5) is 2.24. The van der Waals surface area contributed by atoms with Crippen molar-refractivity contribution in [1.82, 2.24) is 4.90 Å². The third-order valence-corrected chi connectivity index (χ3v) is 2.86. The number of benzene rings is 1. The van der Waals surface area contributed by atoms with Crippen molar-refractivity contribution in [3.63, 3.8) is 0 Å². The van der Waals surface area contributed by atoms with Crippen LogP contribution in [0.3, 0.4) is 0 Å². The van der Waals surface area contributed by atoms with Gasteiger partial charge in [0.05, 0.1) is 13.2 Å². The van der Waals surface area contributed by atoms with E-state index < -0.39 is 0 Å². The number of anilines is 1. The maximum atomic E-state index is 8.96. The van der Waals surface area contributed by atoms with Crippen LogP contribution >= 0.6 is 0 Å². The zero-order valence-electron chi connectivity index (χ0n) is 11.3. The second-order valence-corrected chi connectivity index (χ2v) is 4.62.